The first-order valence-electron chi connectivity index (χ1n) is 5.30. The van der Waals surface area contributed by atoms with Crippen molar-refractivity contribution in [2.45, 2.75) is 5.03 Å². The van der Waals surface area contributed by atoms with Gasteiger partial charge in [0.2, 0.25) is 5.95 Å². The molecule has 2 rings (SSSR count). The van der Waals surface area contributed by atoms with Gasteiger partial charge in [-0.2, -0.15) is 0 Å². The zero-order chi connectivity index (χ0) is 13.8. The van der Waals surface area contributed by atoms with Crippen LogP contribution in [0.1, 0.15) is 0 Å². The summed E-state index contributed by atoms with van der Waals surface area (Å²) in [6, 6.07) is 7.22. The Kier molecular flexibility index (Phi) is 4.24. The van der Waals surface area contributed by atoms with Crippen LogP contribution < -0.4 is 5.73 Å². The minimum atomic E-state index is -0.924. The minimum absolute atomic E-state index is 0.101. The number of nitrogens with two attached hydrogens (primary N) is 1. The number of hydrogen-bond donors (Lipinski definition) is 2. The van der Waals surface area contributed by atoms with E-state index in [0.29, 0.717) is 15.6 Å². The number of aliphatic carboxylic acids is 1. The van der Waals surface area contributed by atoms with Gasteiger partial charge in [-0.1, -0.05) is 41.6 Å². The smallest absolute Gasteiger partial charge is 0.313 e. The first-order chi connectivity index (χ1) is 9.08. The fraction of sp³-hybridized carbons (Fsp3) is 0.0833. The predicted octanol–water partition coefficient (Wildman–Crippen LogP) is 2.56. The Labute approximate surface area is 118 Å². The number of benzene rings is 1. The van der Waals surface area contributed by atoms with E-state index in [-0.39, 0.29) is 11.7 Å². The largest absolute Gasteiger partial charge is 0.481 e. The van der Waals surface area contributed by atoms with Crippen LogP contribution in [0.25, 0.3) is 11.1 Å². The van der Waals surface area contributed by atoms with Crippen LogP contribution in [-0.4, -0.2) is 26.8 Å². The van der Waals surface area contributed by atoms with Gasteiger partial charge in [-0.25, -0.2) is 9.97 Å². The number of nitrogens with zero attached hydrogens (tertiary/aromatic N) is 2. The lowest BCUT2D eigenvalue weighted by atomic mass is 10.1. The number of aromatic nitrogens is 2. The summed E-state index contributed by atoms with van der Waals surface area (Å²) in [4.78, 5) is 18.7. The number of thioether (sulfide) groups is 1. The van der Waals surface area contributed by atoms with Gasteiger partial charge in [0.25, 0.3) is 0 Å². The van der Waals surface area contributed by atoms with Gasteiger partial charge in [-0.05, 0) is 6.07 Å². The molecule has 0 unspecified atom stereocenters. The number of carboxylic acid groups (broad SMARTS) is 1. The maximum absolute atomic E-state index is 10.7. The molecule has 0 radical (unpaired) electrons. The van der Waals surface area contributed by atoms with Crippen LogP contribution in [0.2, 0.25) is 5.02 Å². The Morgan fingerprint density at radius 3 is 2.79 bits per heavy atom. The maximum Gasteiger partial charge on any atom is 0.313 e. The minimum Gasteiger partial charge on any atom is -0.481 e. The molecular formula is C12H10ClN3O2S. The van der Waals surface area contributed by atoms with E-state index in [1.54, 1.807) is 12.3 Å². The Hall–Kier alpha value is -1.79. The van der Waals surface area contributed by atoms with Gasteiger partial charge >= 0.3 is 5.97 Å². The lowest BCUT2D eigenvalue weighted by Gasteiger charge is -2.09. The second-order valence-electron chi connectivity index (χ2n) is 3.61. The van der Waals surface area contributed by atoms with Gasteiger partial charge in [0, 0.05) is 22.3 Å². The summed E-state index contributed by atoms with van der Waals surface area (Å²) in [5, 5.41) is 9.79. The van der Waals surface area contributed by atoms with Crippen LogP contribution in [-0.2, 0) is 4.79 Å². The van der Waals surface area contributed by atoms with Gasteiger partial charge in [-0.3, -0.25) is 4.79 Å². The Morgan fingerprint density at radius 1 is 1.37 bits per heavy atom. The monoisotopic (exact) mass is 295 g/mol. The van der Waals surface area contributed by atoms with Crippen molar-refractivity contribution < 1.29 is 9.90 Å². The number of anilines is 1. The van der Waals surface area contributed by atoms with Gasteiger partial charge in [0.15, 0.2) is 0 Å². The molecule has 98 valence electrons. The van der Waals surface area contributed by atoms with Crippen molar-refractivity contribution in [3.8, 4) is 11.1 Å². The highest BCUT2D eigenvalue weighted by Crippen LogP contribution is 2.33. The summed E-state index contributed by atoms with van der Waals surface area (Å²) in [7, 11) is 0. The van der Waals surface area contributed by atoms with Crippen LogP contribution in [0.5, 0.6) is 0 Å². The van der Waals surface area contributed by atoms with Crippen LogP contribution in [0, 0.1) is 0 Å². The summed E-state index contributed by atoms with van der Waals surface area (Å²) in [5.74, 6) is -0.926. The molecule has 3 N–H and O–H groups in total. The fourth-order valence-electron chi connectivity index (χ4n) is 1.48. The van der Waals surface area contributed by atoms with Crippen molar-refractivity contribution in [1.82, 2.24) is 9.97 Å². The van der Waals surface area contributed by atoms with Crippen LogP contribution in [0.15, 0.2) is 35.5 Å². The molecule has 0 fully saturated rings. The Morgan fingerprint density at radius 2 is 2.11 bits per heavy atom. The average Bonchev–Trinajstić information content (AvgIpc) is 2.37. The van der Waals surface area contributed by atoms with Crippen LogP contribution in [0.4, 0.5) is 5.95 Å². The van der Waals surface area contributed by atoms with E-state index in [1.807, 2.05) is 18.2 Å². The molecule has 0 amide bonds. The van der Waals surface area contributed by atoms with Crippen molar-refractivity contribution in [3.63, 3.8) is 0 Å². The molecule has 0 saturated heterocycles. The van der Waals surface area contributed by atoms with E-state index in [2.05, 4.69) is 9.97 Å². The molecule has 2 aromatic rings. The molecule has 0 aliphatic carbocycles. The summed E-state index contributed by atoms with van der Waals surface area (Å²) < 4.78 is 0. The molecule has 7 heteroatoms. The third kappa shape index (κ3) is 3.36. The number of carboxylic acids is 1. The van der Waals surface area contributed by atoms with Crippen molar-refractivity contribution in [2.24, 2.45) is 0 Å². The van der Waals surface area contributed by atoms with Gasteiger partial charge in [0.05, 0.1) is 5.75 Å². The lowest BCUT2D eigenvalue weighted by molar-refractivity contribution is -0.133. The first kappa shape index (κ1) is 13.6. The first-order valence-corrected chi connectivity index (χ1v) is 6.66. The zero-order valence-corrected chi connectivity index (χ0v) is 11.3. The molecule has 19 heavy (non-hydrogen) atoms. The number of carbonyl (C=O) groups is 1. The molecule has 1 heterocycles. The molecule has 1 aromatic carbocycles. The average molecular weight is 296 g/mol. The highest BCUT2D eigenvalue weighted by molar-refractivity contribution is 8.00. The van der Waals surface area contributed by atoms with Crippen molar-refractivity contribution in [2.75, 3.05) is 11.5 Å². The highest BCUT2D eigenvalue weighted by Gasteiger charge is 2.13. The second kappa shape index (κ2) is 5.90. The molecule has 0 saturated carbocycles. The number of nitrogen functional groups attached to an aromatic ring is 1. The summed E-state index contributed by atoms with van der Waals surface area (Å²) in [6.07, 6.45) is 1.55. The second-order valence-corrected chi connectivity index (χ2v) is 4.98. The molecule has 0 spiro atoms. The van der Waals surface area contributed by atoms with E-state index < -0.39 is 5.97 Å². The number of rotatable bonds is 4. The highest BCUT2D eigenvalue weighted by atomic mass is 35.5. The quantitative estimate of drug-likeness (QED) is 0.665. The molecule has 0 bridgehead atoms. The summed E-state index contributed by atoms with van der Waals surface area (Å²) >= 11 is 7.20. The normalized spacial score (nSPS) is 10.4. The summed E-state index contributed by atoms with van der Waals surface area (Å²) in [5.41, 5.74) is 6.95. The third-order valence-electron chi connectivity index (χ3n) is 2.27. The van der Waals surface area contributed by atoms with Gasteiger partial charge in [0.1, 0.15) is 5.03 Å². The van der Waals surface area contributed by atoms with E-state index in [0.717, 1.165) is 17.3 Å². The number of halogens is 1. The topological polar surface area (TPSA) is 89.1 Å². The molecular weight excluding hydrogens is 286 g/mol. The zero-order valence-electron chi connectivity index (χ0n) is 9.71. The molecule has 0 atom stereocenters. The molecule has 0 aliphatic heterocycles. The Balaban J connectivity index is 2.45. The number of hydrogen-bond acceptors (Lipinski definition) is 5. The standard InChI is InChI=1S/C12H10ClN3O2S/c13-9-4-2-1-3-7(9)8-5-15-12(14)16-11(8)19-6-10(17)18/h1-5H,6H2,(H,17,18)(H2,14,15,16). The summed E-state index contributed by atoms with van der Waals surface area (Å²) in [6.45, 7) is 0. The predicted molar refractivity (Wildman–Crippen MR) is 75.3 cm³/mol. The van der Waals surface area contributed by atoms with Crippen LogP contribution in [0.3, 0.4) is 0 Å². The Bertz CT molecular complexity index is 622. The van der Waals surface area contributed by atoms with Gasteiger partial charge in [-0.15, -0.1) is 0 Å². The molecule has 5 nitrogen and oxygen atoms in total. The van der Waals surface area contributed by atoms with E-state index in [9.17, 15) is 4.79 Å². The van der Waals surface area contributed by atoms with Crippen molar-refractivity contribution >= 4 is 35.3 Å². The third-order valence-corrected chi connectivity index (χ3v) is 3.57. The van der Waals surface area contributed by atoms with E-state index in [4.69, 9.17) is 22.4 Å². The maximum atomic E-state index is 10.7. The lowest BCUT2D eigenvalue weighted by Crippen LogP contribution is -2.02. The van der Waals surface area contributed by atoms with E-state index >= 15 is 0 Å². The van der Waals surface area contributed by atoms with Crippen molar-refractivity contribution in [3.05, 3.63) is 35.5 Å². The molecule has 0 aliphatic rings. The van der Waals surface area contributed by atoms with Crippen LogP contribution >= 0.6 is 23.4 Å². The SMILES string of the molecule is Nc1ncc(-c2ccccc2Cl)c(SCC(=O)O)n1. The fourth-order valence-corrected chi connectivity index (χ4v) is 2.46. The van der Waals surface area contributed by atoms with Crippen molar-refractivity contribution in [1.29, 1.82) is 0 Å². The molecule has 1 aromatic heterocycles. The van der Waals surface area contributed by atoms with Gasteiger partial charge < -0.3 is 10.8 Å². The van der Waals surface area contributed by atoms with E-state index in [1.165, 1.54) is 0 Å².